The van der Waals surface area contributed by atoms with Gasteiger partial charge in [-0.05, 0) is 51.4 Å². The Morgan fingerprint density at radius 2 is 0.632 bits per heavy atom. The number of ether oxygens (including phenoxy) is 3. The molecule has 6 nitrogen and oxygen atoms in total. The summed E-state index contributed by atoms with van der Waals surface area (Å²) in [5, 5.41) is 0. The number of hydrogen-bond donors (Lipinski definition) is 0. The number of carbonyl (C=O) groups is 3. The fraction of sp³-hybridized carbons (Fsp3) is 0.863. The van der Waals surface area contributed by atoms with Crippen LogP contribution in [0.4, 0.5) is 0 Å². The van der Waals surface area contributed by atoms with Crippen LogP contribution in [0.3, 0.4) is 0 Å². The normalized spacial score (nSPS) is 12.1. The molecular formula is C51H94O6. The van der Waals surface area contributed by atoms with Crippen LogP contribution in [0.25, 0.3) is 0 Å². The van der Waals surface area contributed by atoms with Gasteiger partial charge in [-0.15, -0.1) is 0 Å². The molecule has 0 aliphatic carbocycles. The Morgan fingerprint density at radius 1 is 0.351 bits per heavy atom. The zero-order chi connectivity index (χ0) is 41.5. The highest BCUT2D eigenvalue weighted by Crippen LogP contribution is 2.15. The van der Waals surface area contributed by atoms with E-state index in [0.717, 1.165) is 77.0 Å². The second-order valence-electron chi connectivity index (χ2n) is 16.7. The van der Waals surface area contributed by atoms with Gasteiger partial charge in [0.05, 0.1) is 0 Å². The number of rotatable bonds is 45. The van der Waals surface area contributed by atoms with E-state index in [9.17, 15) is 14.4 Å². The molecule has 0 heterocycles. The molecule has 0 fully saturated rings. The van der Waals surface area contributed by atoms with Gasteiger partial charge in [0.2, 0.25) is 0 Å². The summed E-state index contributed by atoms with van der Waals surface area (Å²) in [6.45, 7) is 6.61. The maximum Gasteiger partial charge on any atom is 0.306 e. The van der Waals surface area contributed by atoms with E-state index in [4.69, 9.17) is 14.2 Å². The number of carbonyl (C=O) groups excluding carboxylic acids is 3. The van der Waals surface area contributed by atoms with Gasteiger partial charge in [0.25, 0.3) is 0 Å². The van der Waals surface area contributed by atoms with Crippen molar-refractivity contribution in [3.8, 4) is 0 Å². The first kappa shape index (κ1) is 54.9. The molecule has 0 saturated heterocycles. The van der Waals surface area contributed by atoms with Gasteiger partial charge in [0.15, 0.2) is 6.10 Å². The van der Waals surface area contributed by atoms with E-state index in [2.05, 4.69) is 45.1 Å². The number of esters is 3. The van der Waals surface area contributed by atoms with E-state index in [0.29, 0.717) is 19.3 Å². The summed E-state index contributed by atoms with van der Waals surface area (Å²) in [5.41, 5.74) is 0. The van der Waals surface area contributed by atoms with Crippen molar-refractivity contribution in [2.75, 3.05) is 13.2 Å². The Labute approximate surface area is 353 Å². The molecule has 6 heteroatoms. The minimum atomic E-state index is -0.769. The predicted octanol–water partition coefficient (Wildman–Crippen LogP) is 16.0. The maximum absolute atomic E-state index is 12.7. The largest absolute Gasteiger partial charge is 0.462 e. The molecule has 0 aliphatic heterocycles. The Morgan fingerprint density at radius 3 is 1.00 bits per heavy atom. The third-order valence-electron chi connectivity index (χ3n) is 11.0. The highest BCUT2D eigenvalue weighted by Gasteiger charge is 2.19. The van der Waals surface area contributed by atoms with Crippen molar-refractivity contribution in [3.63, 3.8) is 0 Å². The second kappa shape index (κ2) is 46.6. The van der Waals surface area contributed by atoms with E-state index in [1.165, 1.54) is 148 Å². The molecular weight excluding hydrogens is 709 g/mol. The molecule has 0 bridgehead atoms. The molecule has 1 atom stereocenters. The van der Waals surface area contributed by atoms with Gasteiger partial charge in [-0.25, -0.2) is 0 Å². The molecule has 0 aliphatic rings. The molecule has 0 N–H and O–H groups in total. The maximum atomic E-state index is 12.7. The second-order valence-corrected chi connectivity index (χ2v) is 16.7. The van der Waals surface area contributed by atoms with Crippen molar-refractivity contribution in [1.82, 2.24) is 0 Å². The van der Waals surface area contributed by atoms with E-state index in [1.807, 2.05) is 0 Å². The molecule has 0 rings (SSSR count). The van der Waals surface area contributed by atoms with Gasteiger partial charge in [0, 0.05) is 19.3 Å². The van der Waals surface area contributed by atoms with Crippen LogP contribution < -0.4 is 0 Å². The van der Waals surface area contributed by atoms with Crippen LogP contribution in [0.1, 0.15) is 265 Å². The molecule has 0 aromatic rings. The number of allylic oxidation sites excluding steroid dienone is 4. The molecule has 334 valence electrons. The van der Waals surface area contributed by atoms with Crippen LogP contribution in [0.15, 0.2) is 24.3 Å². The smallest absolute Gasteiger partial charge is 0.306 e. The van der Waals surface area contributed by atoms with E-state index in [-0.39, 0.29) is 31.1 Å². The minimum absolute atomic E-state index is 0.0712. The fourth-order valence-electron chi connectivity index (χ4n) is 7.18. The standard InChI is InChI=1S/C51H94O6/c1-4-7-10-13-16-19-22-24-25-27-30-32-35-38-41-44-50(53)56-47-48(57-51(54)45-42-39-36-33-28-21-18-15-12-9-6-3)46-55-49(52)43-40-37-34-31-29-26-23-20-17-14-11-8-5-2/h16,19,24-25,48H,4-15,17-18,20-23,26-47H2,1-3H3/b19-16-,25-24-/t48-/m0/s1. The lowest BCUT2D eigenvalue weighted by atomic mass is 10.0. The molecule has 0 radical (unpaired) electrons. The molecule has 0 spiro atoms. The number of hydrogen-bond acceptors (Lipinski definition) is 6. The lowest BCUT2D eigenvalue weighted by Crippen LogP contribution is -2.30. The van der Waals surface area contributed by atoms with Crippen molar-refractivity contribution in [2.24, 2.45) is 0 Å². The lowest BCUT2D eigenvalue weighted by Gasteiger charge is -2.18. The first-order chi connectivity index (χ1) is 28.0. The SMILES string of the molecule is CCCCC/C=C\C/C=C\CCCCCCCC(=O)OC[C@H](COC(=O)CCCCCCCCCCCCCCC)OC(=O)CCCCCCCCCCCCC. The topological polar surface area (TPSA) is 78.9 Å². The van der Waals surface area contributed by atoms with Crippen molar-refractivity contribution in [3.05, 3.63) is 24.3 Å². The molecule has 0 amide bonds. The fourth-order valence-corrected chi connectivity index (χ4v) is 7.18. The summed E-state index contributed by atoms with van der Waals surface area (Å²) in [5.74, 6) is -0.875. The molecule has 57 heavy (non-hydrogen) atoms. The van der Waals surface area contributed by atoms with E-state index >= 15 is 0 Å². The number of unbranched alkanes of at least 4 members (excludes halogenated alkanes) is 30. The van der Waals surface area contributed by atoms with Gasteiger partial charge < -0.3 is 14.2 Å². The predicted molar refractivity (Wildman–Crippen MR) is 243 cm³/mol. The monoisotopic (exact) mass is 803 g/mol. The first-order valence-corrected chi connectivity index (χ1v) is 24.8. The minimum Gasteiger partial charge on any atom is -0.462 e. The zero-order valence-corrected chi connectivity index (χ0v) is 38.1. The van der Waals surface area contributed by atoms with Crippen LogP contribution in [-0.4, -0.2) is 37.2 Å². The summed E-state index contributed by atoms with van der Waals surface area (Å²) in [4.78, 5) is 37.8. The highest BCUT2D eigenvalue weighted by molar-refractivity contribution is 5.71. The third kappa shape index (κ3) is 44.8. The van der Waals surface area contributed by atoms with Gasteiger partial charge in [-0.3, -0.25) is 14.4 Å². The van der Waals surface area contributed by atoms with Crippen LogP contribution in [-0.2, 0) is 28.6 Å². The van der Waals surface area contributed by atoms with Gasteiger partial charge >= 0.3 is 17.9 Å². The van der Waals surface area contributed by atoms with Crippen molar-refractivity contribution >= 4 is 17.9 Å². The average Bonchev–Trinajstić information content (AvgIpc) is 3.21. The van der Waals surface area contributed by atoms with Crippen LogP contribution in [0.5, 0.6) is 0 Å². The Kier molecular flexibility index (Phi) is 44.9. The van der Waals surface area contributed by atoms with Crippen molar-refractivity contribution in [2.45, 2.75) is 271 Å². The van der Waals surface area contributed by atoms with Crippen LogP contribution >= 0.6 is 0 Å². The summed E-state index contributed by atoms with van der Waals surface area (Å²) in [7, 11) is 0. The summed E-state index contributed by atoms with van der Waals surface area (Å²) >= 11 is 0. The van der Waals surface area contributed by atoms with E-state index < -0.39 is 6.10 Å². The molecule has 0 saturated carbocycles. The first-order valence-electron chi connectivity index (χ1n) is 24.8. The molecule has 0 unspecified atom stereocenters. The quantitative estimate of drug-likeness (QED) is 0.0264. The zero-order valence-electron chi connectivity index (χ0n) is 38.1. The summed E-state index contributed by atoms with van der Waals surface area (Å²) in [6.07, 6.45) is 51.5. The summed E-state index contributed by atoms with van der Waals surface area (Å²) < 4.78 is 16.8. The van der Waals surface area contributed by atoms with Crippen LogP contribution in [0, 0.1) is 0 Å². The molecule has 0 aromatic carbocycles. The highest BCUT2D eigenvalue weighted by atomic mass is 16.6. The van der Waals surface area contributed by atoms with Gasteiger partial charge in [0.1, 0.15) is 13.2 Å². The van der Waals surface area contributed by atoms with Crippen molar-refractivity contribution in [1.29, 1.82) is 0 Å². The average molecular weight is 803 g/mol. The Balaban J connectivity index is 4.35. The van der Waals surface area contributed by atoms with Gasteiger partial charge in [-0.1, -0.05) is 218 Å². The Bertz CT molecular complexity index is 927. The van der Waals surface area contributed by atoms with E-state index in [1.54, 1.807) is 0 Å². The van der Waals surface area contributed by atoms with Gasteiger partial charge in [-0.2, -0.15) is 0 Å². The Hall–Kier alpha value is -2.11. The summed E-state index contributed by atoms with van der Waals surface area (Å²) in [6, 6.07) is 0. The molecule has 0 aromatic heterocycles. The lowest BCUT2D eigenvalue weighted by molar-refractivity contribution is -0.167. The van der Waals surface area contributed by atoms with Crippen LogP contribution in [0.2, 0.25) is 0 Å². The van der Waals surface area contributed by atoms with Crippen molar-refractivity contribution < 1.29 is 28.6 Å². The third-order valence-corrected chi connectivity index (χ3v) is 11.0.